The third kappa shape index (κ3) is 2.96. The zero-order valence-electron chi connectivity index (χ0n) is 12.0. The van der Waals surface area contributed by atoms with Gasteiger partial charge in [0.25, 0.3) is 0 Å². The third-order valence-corrected chi connectivity index (χ3v) is 3.41. The fourth-order valence-electron chi connectivity index (χ4n) is 2.20. The molecule has 0 fully saturated rings. The summed E-state index contributed by atoms with van der Waals surface area (Å²) in [5, 5.41) is 4.59. The molecule has 4 N–H and O–H groups in total. The Morgan fingerprint density at radius 1 is 1.05 bits per heavy atom. The Bertz CT molecular complexity index is 785. The minimum Gasteiger partial charge on any atom is -0.481 e. The van der Waals surface area contributed by atoms with Crippen molar-refractivity contribution in [1.29, 1.82) is 0 Å². The summed E-state index contributed by atoms with van der Waals surface area (Å²) in [7, 11) is 1.62. The minimum absolute atomic E-state index is 0.471. The van der Waals surface area contributed by atoms with Crippen LogP contribution < -0.4 is 20.9 Å². The Morgan fingerprint density at radius 3 is 2.55 bits per heavy atom. The summed E-state index contributed by atoms with van der Waals surface area (Å²) in [6.07, 6.45) is 0. The molecule has 22 heavy (non-hydrogen) atoms. The van der Waals surface area contributed by atoms with E-state index >= 15 is 0 Å². The molecule has 0 radical (unpaired) electrons. The molecule has 0 unspecified atom stereocenters. The number of nitrogens with one attached hydrogen (secondary N) is 4. The molecule has 1 aromatic heterocycles. The molecular weight excluding hydrogens is 296 g/mol. The summed E-state index contributed by atoms with van der Waals surface area (Å²) in [5.74, 6) is 0.649. The van der Waals surface area contributed by atoms with Crippen LogP contribution in [-0.2, 0) is 0 Å². The van der Waals surface area contributed by atoms with Gasteiger partial charge in [-0.25, -0.2) is 0 Å². The molecule has 0 aliphatic heterocycles. The van der Waals surface area contributed by atoms with E-state index in [9.17, 15) is 0 Å². The highest BCUT2D eigenvalue weighted by Gasteiger charge is 2.11. The molecule has 0 aliphatic carbocycles. The van der Waals surface area contributed by atoms with Crippen LogP contribution in [0.3, 0.4) is 0 Å². The number of H-pyrrole nitrogens is 1. The van der Waals surface area contributed by atoms with Crippen molar-refractivity contribution in [3.63, 3.8) is 0 Å². The molecule has 0 amide bonds. The van der Waals surface area contributed by atoms with E-state index in [4.69, 9.17) is 17.0 Å². The Hall–Kier alpha value is -2.73. The lowest BCUT2D eigenvalue weighted by Gasteiger charge is -2.13. The zero-order chi connectivity index (χ0) is 15.4. The van der Waals surface area contributed by atoms with Gasteiger partial charge in [0.15, 0.2) is 5.11 Å². The highest BCUT2D eigenvalue weighted by Crippen LogP contribution is 2.32. The lowest BCUT2D eigenvalue weighted by molar-refractivity contribution is 0.403. The Labute approximate surface area is 133 Å². The molecule has 2 aromatic carbocycles. The van der Waals surface area contributed by atoms with E-state index in [2.05, 4.69) is 21.2 Å². The Kier molecular flexibility index (Phi) is 4.11. The molecule has 0 spiro atoms. The second-order valence-electron chi connectivity index (χ2n) is 4.65. The SMILES string of the molecule is COc1[nH]c2ccccc2c1NNC(=S)Nc1ccccc1. The summed E-state index contributed by atoms with van der Waals surface area (Å²) in [6.45, 7) is 0. The fraction of sp³-hybridized carbons (Fsp3) is 0.0625. The van der Waals surface area contributed by atoms with Crippen LogP contribution in [0.25, 0.3) is 10.9 Å². The monoisotopic (exact) mass is 312 g/mol. The van der Waals surface area contributed by atoms with Gasteiger partial charge in [-0.1, -0.05) is 36.4 Å². The summed E-state index contributed by atoms with van der Waals surface area (Å²) in [4.78, 5) is 3.20. The number of ether oxygens (including phenoxy) is 1. The first-order valence-electron chi connectivity index (χ1n) is 6.80. The average Bonchev–Trinajstić information content (AvgIpc) is 2.91. The van der Waals surface area contributed by atoms with Crippen molar-refractivity contribution in [1.82, 2.24) is 10.4 Å². The maximum absolute atomic E-state index is 5.36. The minimum atomic E-state index is 0.471. The number of hydrogen-bond acceptors (Lipinski definition) is 3. The van der Waals surface area contributed by atoms with Crippen molar-refractivity contribution in [3.05, 3.63) is 54.6 Å². The van der Waals surface area contributed by atoms with Gasteiger partial charge in [0.1, 0.15) is 5.69 Å². The highest BCUT2D eigenvalue weighted by atomic mass is 32.1. The number of thiocarbonyl (C=S) groups is 1. The van der Waals surface area contributed by atoms with Crippen LogP contribution in [0.1, 0.15) is 0 Å². The number of anilines is 2. The quantitative estimate of drug-likeness (QED) is 0.439. The summed E-state index contributed by atoms with van der Waals surface area (Å²) in [5.41, 5.74) is 8.80. The smallest absolute Gasteiger partial charge is 0.217 e. The number of para-hydroxylation sites is 2. The predicted octanol–water partition coefficient (Wildman–Crippen LogP) is 3.49. The number of rotatable bonds is 4. The number of fused-ring (bicyclic) bond motifs is 1. The van der Waals surface area contributed by atoms with Crippen molar-refractivity contribution in [2.24, 2.45) is 0 Å². The second-order valence-corrected chi connectivity index (χ2v) is 5.06. The van der Waals surface area contributed by atoms with Gasteiger partial charge in [-0.05, 0) is 30.4 Å². The lowest BCUT2D eigenvalue weighted by Crippen LogP contribution is -2.33. The number of aromatic nitrogens is 1. The van der Waals surface area contributed by atoms with Gasteiger partial charge in [-0.2, -0.15) is 0 Å². The van der Waals surface area contributed by atoms with Gasteiger partial charge in [0, 0.05) is 11.1 Å². The fourth-order valence-corrected chi connectivity index (χ4v) is 2.37. The standard InChI is InChI=1S/C16H16N4OS/c1-21-15-14(12-9-5-6-10-13(12)18-15)19-20-16(22)17-11-7-3-2-4-8-11/h2-10,18-19H,1H3,(H2,17,20,22). The predicted molar refractivity (Wildman–Crippen MR) is 94.3 cm³/mol. The average molecular weight is 312 g/mol. The maximum atomic E-state index is 5.36. The van der Waals surface area contributed by atoms with Gasteiger partial charge in [0.05, 0.1) is 12.6 Å². The molecule has 0 atom stereocenters. The van der Waals surface area contributed by atoms with Gasteiger partial charge < -0.3 is 15.0 Å². The molecule has 3 aromatic rings. The van der Waals surface area contributed by atoms with E-state index in [1.165, 1.54) is 0 Å². The molecule has 3 rings (SSSR count). The molecule has 6 heteroatoms. The van der Waals surface area contributed by atoms with Crippen LogP contribution >= 0.6 is 12.2 Å². The Balaban J connectivity index is 1.72. The molecule has 112 valence electrons. The normalized spacial score (nSPS) is 10.2. The molecule has 0 saturated heterocycles. The van der Waals surface area contributed by atoms with E-state index in [0.29, 0.717) is 11.0 Å². The summed E-state index contributed by atoms with van der Waals surface area (Å²) < 4.78 is 5.36. The van der Waals surface area contributed by atoms with Gasteiger partial charge >= 0.3 is 0 Å². The number of benzene rings is 2. The lowest BCUT2D eigenvalue weighted by atomic mass is 10.2. The van der Waals surface area contributed by atoms with Crippen LogP contribution in [0.2, 0.25) is 0 Å². The van der Waals surface area contributed by atoms with Crippen molar-refractivity contribution >= 4 is 39.6 Å². The molecule has 1 heterocycles. The van der Waals surface area contributed by atoms with Crippen LogP contribution in [0.15, 0.2) is 54.6 Å². The van der Waals surface area contributed by atoms with E-state index < -0.39 is 0 Å². The van der Waals surface area contributed by atoms with Crippen LogP contribution in [-0.4, -0.2) is 17.2 Å². The van der Waals surface area contributed by atoms with Crippen LogP contribution in [0.4, 0.5) is 11.4 Å². The van der Waals surface area contributed by atoms with Crippen molar-refractivity contribution in [2.45, 2.75) is 0 Å². The molecule has 0 saturated carbocycles. The molecular formula is C16H16N4OS. The molecule has 0 bridgehead atoms. The van der Waals surface area contributed by atoms with Crippen LogP contribution in [0.5, 0.6) is 5.88 Å². The number of hydrogen-bond donors (Lipinski definition) is 4. The van der Waals surface area contributed by atoms with Crippen LogP contribution in [0, 0.1) is 0 Å². The van der Waals surface area contributed by atoms with Crippen molar-refractivity contribution < 1.29 is 4.74 Å². The van der Waals surface area contributed by atoms with E-state index in [-0.39, 0.29) is 0 Å². The van der Waals surface area contributed by atoms with Crippen molar-refractivity contribution in [3.8, 4) is 5.88 Å². The number of aromatic amines is 1. The van der Waals surface area contributed by atoms with Gasteiger partial charge in [-0.3, -0.25) is 10.9 Å². The second kappa shape index (κ2) is 6.36. The first-order valence-corrected chi connectivity index (χ1v) is 7.21. The summed E-state index contributed by atoms with van der Waals surface area (Å²) in [6, 6.07) is 17.7. The first kappa shape index (κ1) is 14.2. The first-order chi connectivity index (χ1) is 10.8. The molecule has 5 nitrogen and oxygen atoms in total. The van der Waals surface area contributed by atoms with E-state index in [0.717, 1.165) is 22.3 Å². The summed E-state index contributed by atoms with van der Waals surface area (Å²) >= 11 is 5.28. The zero-order valence-corrected chi connectivity index (χ0v) is 12.8. The van der Waals surface area contributed by atoms with Gasteiger partial charge in [0.2, 0.25) is 5.88 Å². The van der Waals surface area contributed by atoms with E-state index in [1.807, 2.05) is 54.6 Å². The van der Waals surface area contributed by atoms with Gasteiger partial charge in [-0.15, -0.1) is 0 Å². The maximum Gasteiger partial charge on any atom is 0.217 e. The van der Waals surface area contributed by atoms with E-state index in [1.54, 1.807) is 7.11 Å². The number of methoxy groups -OCH3 is 1. The largest absolute Gasteiger partial charge is 0.481 e. The topological polar surface area (TPSA) is 61.1 Å². The molecule has 0 aliphatic rings. The number of hydrazine groups is 1. The Morgan fingerprint density at radius 2 is 1.77 bits per heavy atom. The highest BCUT2D eigenvalue weighted by molar-refractivity contribution is 7.80. The van der Waals surface area contributed by atoms with Crippen molar-refractivity contribution in [2.75, 3.05) is 17.9 Å². The third-order valence-electron chi connectivity index (χ3n) is 3.21.